The van der Waals surface area contributed by atoms with E-state index in [4.69, 9.17) is 4.18 Å². The van der Waals surface area contributed by atoms with Gasteiger partial charge in [-0.05, 0) is 18.6 Å². The second-order valence-electron chi connectivity index (χ2n) is 2.69. The van der Waals surface area contributed by atoms with Crippen molar-refractivity contribution in [3.05, 3.63) is 29.8 Å². The monoisotopic (exact) mass is 211 g/mol. The van der Waals surface area contributed by atoms with E-state index < -0.39 is 5.97 Å². The molecule has 3 nitrogen and oxygen atoms in total. The molecule has 0 saturated heterocycles. The molecule has 1 rings (SSSR count). The van der Waals surface area contributed by atoms with Crippen molar-refractivity contribution in [2.45, 2.75) is 13.3 Å². The standard InChI is InChI=1S/C10H12O3S/c1-2-7-14-13-9-6-4-3-5-8(9)10(11)12/h3-6H,2,7H2,1H3,(H,11,12)/p-1. The first-order valence-electron chi connectivity index (χ1n) is 4.35. The van der Waals surface area contributed by atoms with Gasteiger partial charge >= 0.3 is 0 Å². The predicted molar refractivity (Wildman–Crippen MR) is 54.1 cm³/mol. The summed E-state index contributed by atoms with van der Waals surface area (Å²) in [6, 6.07) is 6.46. The van der Waals surface area contributed by atoms with Crippen molar-refractivity contribution >= 4 is 18.0 Å². The van der Waals surface area contributed by atoms with Crippen molar-refractivity contribution in [1.82, 2.24) is 0 Å². The summed E-state index contributed by atoms with van der Waals surface area (Å²) in [4.78, 5) is 10.7. The summed E-state index contributed by atoms with van der Waals surface area (Å²) < 4.78 is 5.23. The third-order valence-corrected chi connectivity index (χ3v) is 2.42. The molecule has 0 aliphatic carbocycles. The number of carboxylic acids is 1. The summed E-state index contributed by atoms with van der Waals surface area (Å²) >= 11 is 1.25. The topological polar surface area (TPSA) is 49.4 Å². The fourth-order valence-corrected chi connectivity index (χ4v) is 1.42. The lowest BCUT2D eigenvalue weighted by atomic mass is 10.2. The minimum Gasteiger partial charge on any atom is -0.545 e. The number of carbonyl (C=O) groups excluding carboxylic acids is 1. The number of hydrogen-bond acceptors (Lipinski definition) is 4. The van der Waals surface area contributed by atoms with Crippen LogP contribution in [0.5, 0.6) is 5.75 Å². The molecule has 1 aromatic carbocycles. The van der Waals surface area contributed by atoms with Crippen LogP contribution in [-0.2, 0) is 0 Å². The Kier molecular flexibility index (Phi) is 4.32. The number of hydrogen-bond donors (Lipinski definition) is 0. The summed E-state index contributed by atoms with van der Waals surface area (Å²) in [5.74, 6) is -0.0230. The molecule has 76 valence electrons. The largest absolute Gasteiger partial charge is 0.545 e. The molecular weight excluding hydrogens is 200 g/mol. The highest BCUT2D eigenvalue weighted by molar-refractivity contribution is 7.95. The van der Waals surface area contributed by atoms with Crippen LogP contribution < -0.4 is 9.29 Å². The highest BCUT2D eigenvalue weighted by atomic mass is 32.2. The highest BCUT2D eigenvalue weighted by Gasteiger charge is 2.03. The molecule has 0 aromatic heterocycles. The zero-order chi connectivity index (χ0) is 10.4. The minimum absolute atomic E-state index is 0.0936. The maximum absolute atomic E-state index is 10.7. The van der Waals surface area contributed by atoms with Gasteiger partial charge in [0, 0.05) is 11.3 Å². The average Bonchev–Trinajstić information content (AvgIpc) is 2.19. The van der Waals surface area contributed by atoms with Crippen LogP contribution in [-0.4, -0.2) is 11.7 Å². The summed E-state index contributed by atoms with van der Waals surface area (Å²) in [5, 5.41) is 10.7. The van der Waals surface area contributed by atoms with Crippen molar-refractivity contribution in [2.75, 3.05) is 5.75 Å². The lowest BCUT2D eigenvalue weighted by Gasteiger charge is -2.09. The maximum atomic E-state index is 10.7. The van der Waals surface area contributed by atoms with Gasteiger partial charge in [-0.2, -0.15) is 0 Å². The number of benzene rings is 1. The quantitative estimate of drug-likeness (QED) is 0.547. The van der Waals surface area contributed by atoms with Gasteiger partial charge < -0.3 is 14.1 Å². The molecule has 0 N–H and O–H groups in total. The van der Waals surface area contributed by atoms with E-state index in [1.807, 2.05) is 6.92 Å². The Morgan fingerprint density at radius 1 is 1.50 bits per heavy atom. The van der Waals surface area contributed by atoms with Crippen molar-refractivity contribution < 1.29 is 14.1 Å². The lowest BCUT2D eigenvalue weighted by Crippen LogP contribution is -2.22. The summed E-state index contributed by atoms with van der Waals surface area (Å²) in [7, 11) is 0. The SMILES string of the molecule is CCCSOc1ccccc1C(=O)[O-]. The first kappa shape index (κ1) is 10.9. The van der Waals surface area contributed by atoms with E-state index in [9.17, 15) is 9.90 Å². The Morgan fingerprint density at radius 2 is 2.21 bits per heavy atom. The number of carboxylic acid groups (broad SMARTS) is 1. The van der Waals surface area contributed by atoms with Gasteiger partial charge in [0.1, 0.15) is 5.75 Å². The molecule has 0 spiro atoms. The van der Waals surface area contributed by atoms with Crippen molar-refractivity contribution in [3.8, 4) is 5.75 Å². The highest BCUT2D eigenvalue weighted by Crippen LogP contribution is 2.21. The molecule has 4 heteroatoms. The van der Waals surface area contributed by atoms with Gasteiger partial charge in [-0.15, -0.1) is 0 Å². The van der Waals surface area contributed by atoms with Gasteiger partial charge in [0.15, 0.2) is 0 Å². The zero-order valence-electron chi connectivity index (χ0n) is 7.86. The first-order valence-corrected chi connectivity index (χ1v) is 5.26. The van der Waals surface area contributed by atoms with Gasteiger partial charge in [0.05, 0.1) is 18.0 Å². The van der Waals surface area contributed by atoms with Gasteiger partial charge in [-0.1, -0.05) is 19.1 Å². The second-order valence-corrected chi connectivity index (χ2v) is 3.50. The van der Waals surface area contributed by atoms with Crippen LogP contribution >= 0.6 is 12.0 Å². The number of carbonyl (C=O) groups is 1. The predicted octanol–water partition coefficient (Wildman–Crippen LogP) is 1.49. The van der Waals surface area contributed by atoms with Crippen LogP contribution in [0, 0.1) is 0 Å². The van der Waals surface area contributed by atoms with Crippen LogP contribution in [0.2, 0.25) is 0 Å². The van der Waals surface area contributed by atoms with E-state index in [1.54, 1.807) is 18.2 Å². The molecular formula is C10H11O3S-. The Morgan fingerprint density at radius 3 is 2.86 bits per heavy atom. The van der Waals surface area contributed by atoms with Gasteiger partial charge in [0.25, 0.3) is 0 Å². The molecule has 0 heterocycles. The molecule has 0 bridgehead atoms. The van der Waals surface area contributed by atoms with E-state index >= 15 is 0 Å². The molecule has 0 unspecified atom stereocenters. The Hall–Kier alpha value is -1.16. The van der Waals surface area contributed by atoms with E-state index in [-0.39, 0.29) is 5.56 Å². The van der Waals surface area contributed by atoms with Crippen LogP contribution in [0.4, 0.5) is 0 Å². The third-order valence-electron chi connectivity index (χ3n) is 1.54. The molecule has 0 atom stereocenters. The zero-order valence-corrected chi connectivity index (χ0v) is 8.67. The number of aromatic carboxylic acids is 1. The van der Waals surface area contributed by atoms with Crippen LogP contribution in [0.25, 0.3) is 0 Å². The van der Waals surface area contributed by atoms with Crippen LogP contribution in [0.1, 0.15) is 23.7 Å². The van der Waals surface area contributed by atoms with Crippen molar-refractivity contribution in [1.29, 1.82) is 0 Å². The fraction of sp³-hybridized carbons (Fsp3) is 0.300. The van der Waals surface area contributed by atoms with Crippen LogP contribution in [0.15, 0.2) is 24.3 Å². The lowest BCUT2D eigenvalue weighted by molar-refractivity contribution is -0.255. The maximum Gasteiger partial charge on any atom is 0.146 e. The molecule has 0 aliphatic rings. The average molecular weight is 211 g/mol. The summed E-state index contributed by atoms with van der Waals surface area (Å²) in [5.41, 5.74) is 0.0936. The van der Waals surface area contributed by atoms with Crippen molar-refractivity contribution in [2.24, 2.45) is 0 Å². The summed E-state index contributed by atoms with van der Waals surface area (Å²) in [6.07, 6.45) is 0.984. The minimum atomic E-state index is -1.21. The number of rotatable bonds is 5. The Balaban J connectivity index is 2.69. The van der Waals surface area contributed by atoms with E-state index in [2.05, 4.69) is 0 Å². The smallest absolute Gasteiger partial charge is 0.146 e. The number of para-hydroxylation sites is 1. The van der Waals surface area contributed by atoms with Gasteiger partial charge in [-0.25, -0.2) is 0 Å². The van der Waals surface area contributed by atoms with Gasteiger partial charge in [-0.3, -0.25) is 0 Å². The summed E-state index contributed by atoms with van der Waals surface area (Å²) in [6.45, 7) is 2.03. The molecule has 0 aliphatic heterocycles. The fourth-order valence-electron chi connectivity index (χ4n) is 0.896. The second kappa shape index (κ2) is 5.54. The van der Waals surface area contributed by atoms with Gasteiger partial charge in [0.2, 0.25) is 0 Å². The van der Waals surface area contributed by atoms with E-state index in [0.29, 0.717) is 5.75 Å². The third kappa shape index (κ3) is 2.96. The Labute approximate surface area is 87.3 Å². The first-order chi connectivity index (χ1) is 6.75. The van der Waals surface area contributed by atoms with Crippen molar-refractivity contribution in [3.63, 3.8) is 0 Å². The van der Waals surface area contributed by atoms with E-state index in [0.717, 1.165) is 12.2 Å². The molecule has 0 radical (unpaired) electrons. The molecule has 0 amide bonds. The Bertz CT molecular complexity index is 312. The van der Waals surface area contributed by atoms with E-state index in [1.165, 1.54) is 18.1 Å². The molecule has 0 saturated carbocycles. The molecule has 0 fully saturated rings. The van der Waals surface area contributed by atoms with Crippen LogP contribution in [0.3, 0.4) is 0 Å². The normalized spacial score (nSPS) is 9.79. The molecule has 1 aromatic rings. The molecule has 14 heavy (non-hydrogen) atoms.